The summed E-state index contributed by atoms with van der Waals surface area (Å²) in [6.07, 6.45) is -4.06. The summed E-state index contributed by atoms with van der Waals surface area (Å²) in [4.78, 5) is 40.9. The first-order chi connectivity index (χ1) is 17.6. The minimum atomic E-state index is -4.65. The number of nitrogens with zero attached hydrogens (tertiary/aromatic N) is 1. The summed E-state index contributed by atoms with van der Waals surface area (Å²) in [6.45, 7) is 7.56. The summed E-state index contributed by atoms with van der Waals surface area (Å²) in [5.41, 5.74) is -1.51. The summed E-state index contributed by atoms with van der Waals surface area (Å²) in [6, 6.07) is 0. The lowest BCUT2D eigenvalue weighted by molar-refractivity contribution is -0.154. The number of allylic oxidation sites excluding steroid dienone is 2. The molecule has 0 radical (unpaired) electrons. The summed E-state index contributed by atoms with van der Waals surface area (Å²) >= 11 is 1.09. The summed E-state index contributed by atoms with van der Waals surface area (Å²) in [5, 5.41) is 23.2. The van der Waals surface area contributed by atoms with Crippen LogP contribution in [0.3, 0.4) is 0 Å². The van der Waals surface area contributed by atoms with Crippen LogP contribution in [-0.2, 0) is 14.3 Å². The van der Waals surface area contributed by atoms with Crippen molar-refractivity contribution in [2.24, 2.45) is 17.3 Å². The Labute approximate surface area is 224 Å². The highest BCUT2D eigenvalue weighted by Crippen LogP contribution is 2.33. The van der Waals surface area contributed by atoms with Crippen LogP contribution in [0.1, 0.15) is 69.4 Å². The van der Waals surface area contributed by atoms with Crippen molar-refractivity contribution < 1.29 is 42.5 Å². The highest BCUT2D eigenvalue weighted by molar-refractivity contribution is 7.11. The van der Waals surface area contributed by atoms with E-state index in [0.29, 0.717) is 17.6 Å². The molecule has 0 spiro atoms. The van der Waals surface area contributed by atoms with Gasteiger partial charge < -0.3 is 14.9 Å². The molecular weight excluding hydrogens is 523 g/mol. The Morgan fingerprint density at radius 2 is 1.89 bits per heavy atom. The molecule has 1 aliphatic heterocycles. The number of aliphatic hydroxyl groups is 2. The summed E-state index contributed by atoms with van der Waals surface area (Å²) in [7, 11) is 0. The van der Waals surface area contributed by atoms with Gasteiger partial charge in [0.1, 0.15) is 11.9 Å². The Morgan fingerprint density at radius 1 is 1.24 bits per heavy atom. The maximum absolute atomic E-state index is 13.8. The maximum Gasteiger partial charge on any atom is 0.412 e. The van der Waals surface area contributed by atoms with Crippen molar-refractivity contribution in [1.82, 2.24) is 4.98 Å². The summed E-state index contributed by atoms with van der Waals surface area (Å²) in [5.74, 6) is -2.98. The number of ketones is 1. The Hall–Kier alpha value is -2.63. The van der Waals surface area contributed by atoms with E-state index in [2.05, 4.69) is 4.98 Å². The van der Waals surface area contributed by atoms with Crippen LogP contribution in [0.2, 0.25) is 0 Å². The fraction of sp³-hybridized carbons (Fsp3) is 0.556. The zero-order valence-corrected chi connectivity index (χ0v) is 22.8. The molecule has 1 aromatic rings. The number of cyclic esters (lactones) is 1. The number of aromatic nitrogens is 1. The van der Waals surface area contributed by atoms with Gasteiger partial charge in [0.15, 0.2) is 11.3 Å². The number of aldehydes is 1. The molecule has 5 atom stereocenters. The van der Waals surface area contributed by atoms with Crippen molar-refractivity contribution in [3.8, 4) is 0 Å². The molecule has 7 nitrogen and oxygen atoms in total. The number of aliphatic hydroxyl groups excluding tert-OH is 2. The van der Waals surface area contributed by atoms with Crippen LogP contribution in [0.15, 0.2) is 34.8 Å². The molecule has 0 saturated carbocycles. The van der Waals surface area contributed by atoms with Crippen molar-refractivity contribution in [3.63, 3.8) is 0 Å². The average molecular weight is 558 g/mol. The van der Waals surface area contributed by atoms with Gasteiger partial charge in [0.25, 0.3) is 0 Å². The molecule has 1 unspecified atom stereocenters. The fourth-order valence-electron chi connectivity index (χ4n) is 4.14. The minimum Gasteiger partial charge on any atom is -0.457 e. The largest absolute Gasteiger partial charge is 0.457 e. The van der Waals surface area contributed by atoms with Gasteiger partial charge in [0.2, 0.25) is 0 Å². The van der Waals surface area contributed by atoms with Crippen LogP contribution >= 0.6 is 11.3 Å². The van der Waals surface area contributed by atoms with Gasteiger partial charge in [-0.05, 0) is 25.0 Å². The Bertz CT molecular complexity index is 1100. The molecular formula is C27H34F3NO6S. The molecule has 0 fully saturated rings. The second kappa shape index (κ2) is 12.9. The SMILES string of the molecule is CC(=Cc1csc(C=O)n1)C1CC=C(C(F)(F)F)CC=C[C@H](C)[C@H](O)[C@@H](C)C(=O)C(C)(C)[C@@H](O)CC(=O)O1. The molecule has 0 aromatic carbocycles. The number of carbonyl (C=O) groups excluding carboxylic acids is 3. The topological polar surface area (TPSA) is 114 Å². The number of thiazole rings is 1. The standard InChI is InChI=1S/C27H34F3NO6S/c1-15-7-6-8-18(27(28,29)30)9-10-20(16(2)11-19-14-38-22(13-32)31-19)37-23(34)12-21(33)26(4,5)25(36)17(3)24(15)35/h6-7,9,11,13-15,17,20-21,24,33,35H,8,10,12H2,1-5H3/t15-,17+,20?,21-,24-/m0/s1. The second-order valence-electron chi connectivity index (χ2n) is 10.1. The first kappa shape index (κ1) is 31.6. The second-order valence-corrected chi connectivity index (χ2v) is 11.0. The predicted octanol–water partition coefficient (Wildman–Crippen LogP) is 5.09. The van der Waals surface area contributed by atoms with Crippen molar-refractivity contribution in [1.29, 1.82) is 0 Å². The van der Waals surface area contributed by atoms with Crippen LogP contribution in [0.25, 0.3) is 6.08 Å². The summed E-state index contributed by atoms with van der Waals surface area (Å²) < 4.78 is 46.8. The smallest absolute Gasteiger partial charge is 0.412 e. The highest BCUT2D eigenvalue weighted by atomic mass is 32.1. The number of Topliss-reactive ketones (excluding diaryl/α,β-unsaturated/α-hetero) is 1. The van der Waals surface area contributed by atoms with E-state index in [9.17, 15) is 37.8 Å². The van der Waals surface area contributed by atoms with E-state index in [4.69, 9.17) is 4.74 Å². The molecule has 11 heteroatoms. The zero-order valence-electron chi connectivity index (χ0n) is 22.0. The molecule has 2 N–H and O–H groups in total. The van der Waals surface area contributed by atoms with E-state index in [0.717, 1.165) is 17.4 Å². The Kier molecular flexibility index (Phi) is 10.8. The van der Waals surface area contributed by atoms with Gasteiger partial charge in [-0.3, -0.25) is 14.4 Å². The van der Waals surface area contributed by atoms with Crippen LogP contribution in [0.5, 0.6) is 0 Å². The minimum absolute atomic E-state index is 0.216. The number of rotatable bonds is 3. The van der Waals surface area contributed by atoms with Crippen LogP contribution in [-0.4, -0.2) is 57.7 Å². The Morgan fingerprint density at radius 3 is 2.47 bits per heavy atom. The van der Waals surface area contributed by atoms with Gasteiger partial charge in [0, 0.05) is 29.2 Å². The van der Waals surface area contributed by atoms with E-state index < -0.39 is 71.9 Å². The Balaban J connectivity index is 2.51. The number of ether oxygens (including phenoxy) is 1. The molecule has 0 aliphatic carbocycles. The lowest BCUT2D eigenvalue weighted by Crippen LogP contribution is -2.45. The quantitative estimate of drug-likeness (QED) is 0.302. The maximum atomic E-state index is 13.8. The van der Waals surface area contributed by atoms with Gasteiger partial charge in [-0.1, -0.05) is 45.9 Å². The van der Waals surface area contributed by atoms with Gasteiger partial charge in [0.05, 0.1) is 29.7 Å². The van der Waals surface area contributed by atoms with Crippen molar-refractivity contribution in [3.05, 3.63) is 45.5 Å². The van der Waals surface area contributed by atoms with Gasteiger partial charge in [-0.2, -0.15) is 13.2 Å². The lowest BCUT2D eigenvalue weighted by Gasteiger charge is -2.34. The van der Waals surface area contributed by atoms with E-state index in [1.165, 1.54) is 39.0 Å². The molecule has 1 aliphatic rings. The average Bonchev–Trinajstić information content (AvgIpc) is 3.29. The number of carbonyl (C=O) groups is 3. The van der Waals surface area contributed by atoms with Crippen molar-refractivity contribution in [2.75, 3.05) is 0 Å². The lowest BCUT2D eigenvalue weighted by atomic mass is 9.73. The van der Waals surface area contributed by atoms with Gasteiger partial charge in [-0.15, -0.1) is 11.3 Å². The van der Waals surface area contributed by atoms with E-state index in [1.807, 2.05) is 0 Å². The van der Waals surface area contributed by atoms with Gasteiger partial charge in [-0.25, -0.2) is 4.98 Å². The third-order valence-electron chi connectivity index (χ3n) is 6.81. The van der Waals surface area contributed by atoms with E-state index >= 15 is 0 Å². The molecule has 0 saturated heterocycles. The molecule has 2 heterocycles. The number of esters is 1. The van der Waals surface area contributed by atoms with Crippen molar-refractivity contribution >= 4 is 35.5 Å². The van der Waals surface area contributed by atoms with Crippen LogP contribution < -0.4 is 0 Å². The molecule has 2 rings (SSSR count). The van der Waals surface area contributed by atoms with E-state index in [-0.39, 0.29) is 11.4 Å². The number of hydrogen-bond acceptors (Lipinski definition) is 8. The molecule has 0 bridgehead atoms. The normalized spacial score (nSPS) is 28.5. The fourth-order valence-corrected chi connectivity index (χ4v) is 4.72. The highest BCUT2D eigenvalue weighted by Gasteiger charge is 2.42. The first-order valence-electron chi connectivity index (χ1n) is 12.2. The van der Waals surface area contributed by atoms with E-state index in [1.54, 1.807) is 19.2 Å². The third-order valence-corrected chi connectivity index (χ3v) is 7.60. The number of hydrogen-bond donors (Lipinski definition) is 2. The number of alkyl halides is 3. The molecule has 0 amide bonds. The third kappa shape index (κ3) is 8.18. The van der Waals surface area contributed by atoms with Crippen LogP contribution in [0.4, 0.5) is 13.2 Å². The van der Waals surface area contributed by atoms with Crippen molar-refractivity contribution in [2.45, 2.75) is 78.4 Å². The van der Waals surface area contributed by atoms with Crippen LogP contribution in [0, 0.1) is 17.3 Å². The van der Waals surface area contributed by atoms with Gasteiger partial charge >= 0.3 is 12.1 Å². The number of halogens is 3. The molecule has 38 heavy (non-hydrogen) atoms. The monoisotopic (exact) mass is 557 g/mol. The predicted molar refractivity (Wildman–Crippen MR) is 137 cm³/mol. The zero-order chi connectivity index (χ0) is 28.8. The first-order valence-corrected chi connectivity index (χ1v) is 13.1. The molecule has 1 aromatic heterocycles. The molecule has 210 valence electrons.